The van der Waals surface area contributed by atoms with Crippen LogP contribution < -0.4 is 5.32 Å². The normalized spacial score (nSPS) is 20.2. The van der Waals surface area contributed by atoms with Crippen LogP contribution in [0, 0.1) is 0 Å². The van der Waals surface area contributed by atoms with Crippen LogP contribution in [0.4, 0.5) is 0 Å². The van der Waals surface area contributed by atoms with E-state index < -0.39 is 0 Å². The Labute approximate surface area is 148 Å². The lowest BCUT2D eigenvalue weighted by atomic mass is 9.97. The molecule has 1 fully saturated rings. The van der Waals surface area contributed by atoms with Gasteiger partial charge in [-0.2, -0.15) is 0 Å². The Morgan fingerprint density at radius 1 is 1.36 bits per heavy atom. The van der Waals surface area contributed by atoms with Crippen molar-refractivity contribution < 1.29 is 9.53 Å². The van der Waals surface area contributed by atoms with Crippen LogP contribution in [0.25, 0.3) is 15.9 Å². The van der Waals surface area contributed by atoms with Crippen molar-refractivity contribution in [3.63, 3.8) is 0 Å². The number of fused-ring (bicyclic) bond motifs is 5. The molecule has 25 heavy (non-hydrogen) atoms. The van der Waals surface area contributed by atoms with E-state index in [9.17, 15) is 4.79 Å². The standard InChI is InChI=1S/C17H19N5O2S/c23-16(18-8-10-4-3-7-24-10)14-20-15-13-11-5-1-2-6-12(11)25-17(13)19-9-22(15)21-14/h9-10H,1-8H2,(H,18,23)/t10-/m0/s1. The minimum atomic E-state index is -0.253. The van der Waals surface area contributed by atoms with Crippen LogP contribution in [0.5, 0.6) is 0 Å². The fourth-order valence-corrected chi connectivity index (χ4v) is 4.97. The minimum Gasteiger partial charge on any atom is -0.376 e. The van der Waals surface area contributed by atoms with E-state index in [0.29, 0.717) is 6.54 Å². The van der Waals surface area contributed by atoms with E-state index in [1.165, 1.54) is 23.3 Å². The second kappa shape index (κ2) is 6.03. The quantitative estimate of drug-likeness (QED) is 0.776. The van der Waals surface area contributed by atoms with Gasteiger partial charge in [0.15, 0.2) is 5.65 Å². The molecule has 130 valence electrons. The monoisotopic (exact) mass is 357 g/mol. The number of nitrogens with zero attached hydrogens (tertiary/aromatic N) is 4. The van der Waals surface area contributed by atoms with Gasteiger partial charge in [-0.1, -0.05) is 0 Å². The highest BCUT2D eigenvalue weighted by Crippen LogP contribution is 2.36. The van der Waals surface area contributed by atoms with Crippen molar-refractivity contribution in [1.82, 2.24) is 24.9 Å². The summed E-state index contributed by atoms with van der Waals surface area (Å²) in [7, 11) is 0. The number of amides is 1. The average Bonchev–Trinajstić information content (AvgIpc) is 3.35. The number of nitrogens with one attached hydrogen (secondary N) is 1. The van der Waals surface area contributed by atoms with Gasteiger partial charge in [-0.3, -0.25) is 4.79 Å². The molecule has 1 N–H and O–H groups in total. The predicted molar refractivity (Wildman–Crippen MR) is 94.1 cm³/mol. The lowest BCUT2D eigenvalue weighted by Gasteiger charge is -2.09. The van der Waals surface area contributed by atoms with Gasteiger partial charge in [0.2, 0.25) is 5.82 Å². The zero-order valence-electron chi connectivity index (χ0n) is 13.8. The molecule has 1 aliphatic heterocycles. The van der Waals surface area contributed by atoms with E-state index in [0.717, 1.165) is 48.2 Å². The molecule has 0 unspecified atom stereocenters. The summed E-state index contributed by atoms with van der Waals surface area (Å²) in [6.07, 6.45) is 8.42. The largest absolute Gasteiger partial charge is 0.376 e. The first-order valence-corrected chi connectivity index (χ1v) is 9.66. The highest BCUT2D eigenvalue weighted by Gasteiger charge is 2.23. The first-order chi connectivity index (χ1) is 12.3. The number of thiophene rings is 1. The Balaban J connectivity index is 1.49. The average molecular weight is 357 g/mol. The van der Waals surface area contributed by atoms with Gasteiger partial charge in [0, 0.05) is 18.0 Å². The molecule has 2 aliphatic rings. The number of aromatic nitrogens is 4. The molecule has 4 heterocycles. The van der Waals surface area contributed by atoms with E-state index in [1.54, 1.807) is 22.2 Å². The maximum atomic E-state index is 12.4. The topological polar surface area (TPSA) is 81.4 Å². The fraction of sp³-hybridized carbons (Fsp3) is 0.529. The Hall–Kier alpha value is -2.06. The lowest BCUT2D eigenvalue weighted by molar-refractivity contribution is 0.0849. The smallest absolute Gasteiger partial charge is 0.291 e. The molecular weight excluding hydrogens is 338 g/mol. The molecule has 1 atom stereocenters. The Kier molecular flexibility index (Phi) is 3.67. The highest BCUT2D eigenvalue weighted by molar-refractivity contribution is 7.19. The molecule has 1 aliphatic carbocycles. The molecule has 8 heteroatoms. The molecule has 7 nitrogen and oxygen atoms in total. The Morgan fingerprint density at radius 2 is 2.28 bits per heavy atom. The molecule has 3 aromatic rings. The third-order valence-corrected chi connectivity index (χ3v) is 6.21. The molecule has 0 radical (unpaired) electrons. The molecule has 5 rings (SSSR count). The number of hydrogen-bond acceptors (Lipinski definition) is 6. The van der Waals surface area contributed by atoms with Gasteiger partial charge in [0.1, 0.15) is 11.2 Å². The summed E-state index contributed by atoms with van der Waals surface area (Å²) in [5.41, 5.74) is 2.09. The molecule has 3 aromatic heterocycles. The van der Waals surface area contributed by atoms with Crippen LogP contribution in [0.2, 0.25) is 0 Å². The molecular formula is C17H19N5O2S. The van der Waals surface area contributed by atoms with Gasteiger partial charge in [-0.05, 0) is 44.1 Å². The van der Waals surface area contributed by atoms with Crippen molar-refractivity contribution in [3.8, 4) is 0 Å². The first-order valence-electron chi connectivity index (χ1n) is 8.85. The van der Waals surface area contributed by atoms with E-state index in [2.05, 4.69) is 20.4 Å². The van der Waals surface area contributed by atoms with E-state index in [-0.39, 0.29) is 17.8 Å². The van der Waals surface area contributed by atoms with Crippen LogP contribution in [0.1, 0.15) is 46.7 Å². The zero-order valence-corrected chi connectivity index (χ0v) is 14.6. The van der Waals surface area contributed by atoms with Crippen molar-refractivity contribution in [1.29, 1.82) is 0 Å². The number of hydrogen-bond donors (Lipinski definition) is 1. The van der Waals surface area contributed by atoms with Crippen LogP contribution in [0.15, 0.2) is 6.33 Å². The van der Waals surface area contributed by atoms with E-state index in [1.807, 2.05) is 0 Å². The zero-order chi connectivity index (χ0) is 16.8. The Morgan fingerprint density at radius 3 is 3.16 bits per heavy atom. The van der Waals surface area contributed by atoms with Crippen LogP contribution in [0.3, 0.4) is 0 Å². The maximum absolute atomic E-state index is 12.4. The van der Waals surface area contributed by atoms with Crippen LogP contribution in [-0.4, -0.2) is 44.7 Å². The van der Waals surface area contributed by atoms with Crippen LogP contribution >= 0.6 is 11.3 Å². The van der Waals surface area contributed by atoms with Gasteiger partial charge in [-0.15, -0.1) is 16.4 Å². The molecule has 0 aromatic carbocycles. The first kappa shape index (κ1) is 15.2. The third kappa shape index (κ3) is 2.60. The second-order valence-electron chi connectivity index (χ2n) is 6.68. The minimum absolute atomic E-state index is 0.109. The van der Waals surface area contributed by atoms with Gasteiger partial charge >= 0.3 is 0 Å². The number of carbonyl (C=O) groups excluding carboxylic acids is 1. The van der Waals surface area contributed by atoms with Gasteiger partial charge in [0.25, 0.3) is 5.91 Å². The lowest BCUT2D eigenvalue weighted by Crippen LogP contribution is -2.32. The van der Waals surface area contributed by atoms with Crippen molar-refractivity contribution >= 4 is 33.1 Å². The predicted octanol–water partition coefficient (Wildman–Crippen LogP) is 2.13. The summed E-state index contributed by atoms with van der Waals surface area (Å²) in [6, 6.07) is 0. The molecule has 1 saturated heterocycles. The van der Waals surface area contributed by atoms with Crippen molar-refractivity contribution in [3.05, 3.63) is 22.6 Å². The summed E-state index contributed by atoms with van der Waals surface area (Å²) in [5.74, 6) is -0.0560. The molecule has 0 saturated carbocycles. The summed E-state index contributed by atoms with van der Waals surface area (Å²) in [4.78, 5) is 23.9. The van der Waals surface area contributed by atoms with Gasteiger partial charge in [0.05, 0.1) is 11.5 Å². The van der Waals surface area contributed by atoms with Crippen molar-refractivity contribution in [2.24, 2.45) is 0 Å². The number of ether oxygens (including phenoxy) is 1. The molecule has 0 bridgehead atoms. The van der Waals surface area contributed by atoms with Crippen molar-refractivity contribution in [2.45, 2.75) is 44.6 Å². The second-order valence-corrected chi connectivity index (χ2v) is 7.77. The van der Waals surface area contributed by atoms with Gasteiger partial charge in [-0.25, -0.2) is 14.5 Å². The number of carbonyl (C=O) groups is 1. The van der Waals surface area contributed by atoms with E-state index in [4.69, 9.17) is 4.74 Å². The third-order valence-electron chi connectivity index (χ3n) is 5.01. The number of rotatable bonds is 3. The summed E-state index contributed by atoms with van der Waals surface area (Å²) in [6.45, 7) is 1.29. The SMILES string of the molecule is O=C(NC[C@@H]1CCCO1)c1nc2c3c4c(sc3ncn2n1)CCCC4. The summed E-state index contributed by atoms with van der Waals surface area (Å²) < 4.78 is 7.17. The summed E-state index contributed by atoms with van der Waals surface area (Å²) in [5, 5.41) is 8.29. The van der Waals surface area contributed by atoms with Crippen LogP contribution in [-0.2, 0) is 17.6 Å². The van der Waals surface area contributed by atoms with Gasteiger partial charge < -0.3 is 10.1 Å². The Bertz CT molecular complexity index is 957. The maximum Gasteiger partial charge on any atom is 0.291 e. The van der Waals surface area contributed by atoms with E-state index >= 15 is 0 Å². The highest BCUT2D eigenvalue weighted by atomic mass is 32.1. The molecule has 1 amide bonds. The van der Waals surface area contributed by atoms with Crippen molar-refractivity contribution in [2.75, 3.05) is 13.2 Å². The summed E-state index contributed by atoms with van der Waals surface area (Å²) >= 11 is 1.75. The fourth-order valence-electron chi connectivity index (χ4n) is 3.74. The molecule has 0 spiro atoms. The number of aryl methyl sites for hydroxylation is 2.